The molecule has 1 aromatic carbocycles. The SMILES string of the molecule is NC(=O)c1c(NC(=O)Nc2ccc(Cl)cc2)sc2c1CCN(C1COC1)C2. The summed E-state index contributed by atoms with van der Waals surface area (Å²) in [5.74, 6) is -0.519. The third-order valence-corrected chi connectivity index (χ3v) is 6.18. The predicted octanol–water partition coefficient (Wildman–Crippen LogP) is 2.90. The quantitative estimate of drug-likeness (QED) is 0.727. The monoisotopic (exact) mass is 406 g/mol. The van der Waals surface area contributed by atoms with Gasteiger partial charge in [0.05, 0.1) is 24.8 Å². The summed E-state index contributed by atoms with van der Waals surface area (Å²) in [5, 5.41) is 6.58. The van der Waals surface area contributed by atoms with Gasteiger partial charge in [0.1, 0.15) is 5.00 Å². The van der Waals surface area contributed by atoms with Crippen molar-refractivity contribution in [3.05, 3.63) is 45.3 Å². The Hall–Kier alpha value is -2.13. The summed E-state index contributed by atoms with van der Waals surface area (Å²) in [6.07, 6.45) is 0.737. The fourth-order valence-corrected chi connectivity index (χ4v) is 4.72. The molecule has 0 atom stereocenters. The maximum atomic E-state index is 12.4. The maximum absolute atomic E-state index is 12.4. The van der Waals surface area contributed by atoms with Crippen molar-refractivity contribution in [1.82, 2.24) is 4.90 Å². The summed E-state index contributed by atoms with van der Waals surface area (Å²) >= 11 is 7.26. The molecule has 1 aromatic heterocycles. The van der Waals surface area contributed by atoms with Crippen molar-refractivity contribution in [3.63, 3.8) is 0 Å². The lowest BCUT2D eigenvalue weighted by molar-refractivity contribution is -0.0691. The van der Waals surface area contributed by atoms with E-state index in [0.717, 1.165) is 43.2 Å². The minimum Gasteiger partial charge on any atom is -0.378 e. The van der Waals surface area contributed by atoms with Crippen molar-refractivity contribution in [3.8, 4) is 0 Å². The van der Waals surface area contributed by atoms with Crippen LogP contribution in [0.3, 0.4) is 0 Å². The highest BCUT2D eigenvalue weighted by molar-refractivity contribution is 7.17. The number of hydrogen-bond donors (Lipinski definition) is 3. The van der Waals surface area contributed by atoms with Gasteiger partial charge in [-0.25, -0.2) is 4.79 Å². The molecule has 27 heavy (non-hydrogen) atoms. The minimum atomic E-state index is -0.519. The fraction of sp³-hybridized carbons (Fsp3) is 0.333. The van der Waals surface area contributed by atoms with E-state index in [1.54, 1.807) is 24.3 Å². The number of urea groups is 1. The first-order chi connectivity index (χ1) is 13.0. The fourth-order valence-electron chi connectivity index (χ4n) is 3.32. The van der Waals surface area contributed by atoms with Crippen molar-refractivity contribution >= 4 is 45.6 Å². The van der Waals surface area contributed by atoms with Crippen molar-refractivity contribution in [2.24, 2.45) is 5.73 Å². The van der Waals surface area contributed by atoms with Crippen LogP contribution in [0.25, 0.3) is 0 Å². The van der Waals surface area contributed by atoms with E-state index in [2.05, 4.69) is 15.5 Å². The van der Waals surface area contributed by atoms with Gasteiger partial charge >= 0.3 is 6.03 Å². The van der Waals surface area contributed by atoms with Crippen LogP contribution in [0.2, 0.25) is 5.02 Å². The lowest BCUT2D eigenvalue weighted by Gasteiger charge is -2.39. The van der Waals surface area contributed by atoms with Crippen molar-refractivity contribution in [2.75, 3.05) is 30.4 Å². The number of carbonyl (C=O) groups is 2. The van der Waals surface area contributed by atoms with Crippen LogP contribution in [0.15, 0.2) is 24.3 Å². The number of halogens is 1. The number of nitrogens with one attached hydrogen (secondary N) is 2. The van der Waals surface area contributed by atoms with E-state index in [1.807, 2.05) is 0 Å². The topological polar surface area (TPSA) is 96.7 Å². The van der Waals surface area contributed by atoms with E-state index in [4.69, 9.17) is 22.1 Å². The normalized spacial score (nSPS) is 17.1. The Labute approximate surface area is 165 Å². The maximum Gasteiger partial charge on any atom is 0.324 e. The van der Waals surface area contributed by atoms with Gasteiger partial charge in [0, 0.05) is 28.7 Å². The number of amides is 3. The first kappa shape index (κ1) is 18.2. The zero-order valence-electron chi connectivity index (χ0n) is 14.5. The van der Waals surface area contributed by atoms with Crippen LogP contribution in [-0.4, -0.2) is 42.6 Å². The van der Waals surface area contributed by atoms with Crippen LogP contribution < -0.4 is 16.4 Å². The summed E-state index contributed by atoms with van der Waals surface area (Å²) in [5.41, 5.74) is 7.59. The first-order valence-electron chi connectivity index (χ1n) is 8.61. The molecular weight excluding hydrogens is 388 g/mol. The molecule has 0 radical (unpaired) electrons. The van der Waals surface area contributed by atoms with E-state index >= 15 is 0 Å². The molecule has 3 heterocycles. The molecule has 0 aliphatic carbocycles. The molecule has 0 unspecified atom stereocenters. The van der Waals surface area contributed by atoms with Gasteiger partial charge < -0.3 is 15.8 Å². The van der Waals surface area contributed by atoms with Crippen LogP contribution in [-0.2, 0) is 17.7 Å². The Bertz CT molecular complexity index is 879. The molecule has 0 bridgehead atoms. The van der Waals surface area contributed by atoms with Gasteiger partial charge in [-0.1, -0.05) is 11.6 Å². The predicted molar refractivity (Wildman–Crippen MR) is 106 cm³/mol. The van der Waals surface area contributed by atoms with Gasteiger partial charge in [0.2, 0.25) is 0 Å². The first-order valence-corrected chi connectivity index (χ1v) is 9.80. The van der Waals surface area contributed by atoms with Gasteiger partial charge in [-0.2, -0.15) is 0 Å². The second-order valence-corrected chi connectivity index (χ2v) is 8.11. The van der Waals surface area contributed by atoms with Gasteiger partial charge in [0.15, 0.2) is 0 Å². The molecule has 142 valence electrons. The van der Waals surface area contributed by atoms with E-state index in [1.165, 1.54) is 11.3 Å². The van der Waals surface area contributed by atoms with Crippen molar-refractivity contribution < 1.29 is 14.3 Å². The summed E-state index contributed by atoms with van der Waals surface area (Å²) < 4.78 is 5.27. The number of anilines is 2. The summed E-state index contributed by atoms with van der Waals surface area (Å²) in [4.78, 5) is 27.8. The number of carbonyl (C=O) groups excluding carboxylic acids is 2. The molecule has 9 heteroatoms. The average Bonchev–Trinajstić information content (AvgIpc) is 2.92. The number of hydrogen-bond acceptors (Lipinski definition) is 5. The molecule has 2 aliphatic rings. The summed E-state index contributed by atoms with van der Waals surface area (Å²) in [6, 6.07) is 6.79. The van der Waals surface area contributed by atoms with Gasteiger partial charge in [-0.05, 0) is 36.2 Å². The van der Waals surface area contributed by atoms with E-state index in [0.29, 0.717) is 27.3 Å². The molecule has 2 aromatic rings. The number of nitrogens with zero attached hydrogens (tertiary/aromatic N) is 1. The third kappa shape index (κ3) is 3.79. The van der Waals surface area contributed by atoms with Gasteiger partial charge in [-0.15, -0.1) is 11.3 Å². The molecule has 4 rings (SSSR count). The number of ether oxygens (including phenoxy) is 1. The lowest BCUT2D eigenvalue weighted by atomic mass is 10.0. The number of benzene rings is 1. The molecule has 1 saturated heterocycles. The second kappa shape index (κ2) is 7.47. The molecular formula is C18H19ClN4O3S. The second-order valence-electron chi connectivity index (χ2n) is 6.57. The van der Waals surface area contributed by atoms with Crippen LogP contribution >= 0.6 is 22.9 Å². The van der Waals surface area contributed by atoms with Crippen molar-refractivity contribution in [2.45, 2.75) is 19.0 Å². The molecule has 2 aliphatic heterocycles. The van der Waals surface area contributed by atoms with Gasteiger partial charge in [0.25, 0.3) is 5.91 Å². The van der Waals surface area contributed by atoms with Crippen LogP contribution in [0.5, 0.6) is 0 Å². The zero-order chi connectivity index (χ0) is 19.0. The Morgan fingerprint density at radius 1 is 1.22 bits per heavy atom. The van der Waals surface area contributed by atoms with Crippen LogP contribution in [0.1, 0.15) is 20.8 Å². The van der Waals surface area contributed by atoms with E-state index in [-0.39, 0.29) is 0 Å². The molecule has 3 amide bonds. The third-order valence-electron chi connectivity index (χ3n) is 4.80. The number of rotatable bonds is 4. The molecule has 0 saturated carbocycles. The Morgan fingerprint density at radius 3 is 2.59 bits per heavy atom. The van der Waals surface area contributed by atoms with Crippen LogP contribution in [0, 0.1) is 0 Å². The van der Waals surface area contributed by atoms with Crippen LogP contribution in [0.4, 0.5) is 15.5 Å². The molecule has 4 N–H and O–H groups in total. The summed E-state index contributed by atoms with van der Waals surface area (Å²) in [7, 11) is 0. The molecule has 0 spiro atoms. The Morgan fingerprint density at radius 2 is 1.96 bits per heavy atom. The van der Waals surface area contributed by atoms with E-state index in [9.17, 15) is 9.59 Å². The Kier molecular flexibility index (Phi) is 5.05. The lowest BCUT2D eigenvalue weighted by Crippen LogP contribution is -2.50. The number of thiophene rings is 1. The zero-order valence-corrected chi connectivity index (χ0v) is 16.0. The van der Waals surface area contributed by atoms with Gasteiger partial charge in [-0.3, -0.25) is 15.0 Å². The largest absolute Gasteiger partial charge is 0.378 e. The van der Waals surface area contributed by atoms with E-state index < -0.39 is 11.9 Å². The Balaban J connectivity index is 1.51. The summed E-state index contributed by atoms with van der Waals surface area (Å²) in [6.45, 7) is 3.10. The smallest absolute Gasteiger partial charge is 0.324 e. The highest BCUT2D eigenvalue weighted by Crippen LogP contribution is 2.38. The number of nitrogens with two attached hydrogens (primary N) is 1. The molecule has 7 nitrogen and oxygen atoms in total. The minimum absolute atomic E-state index is 0.422. The number of fused-ring (bicyclic) bond motifs is 1. The highest BCUT2D eigenvalue weighted by Gasteiger charge is 2.33. The standard InChI is InChI=1S/C18H19ClN4O3S/c19-10-1-3-11(4-2-10)21-18(25)22-17-15(16(20)24)13-5-6-23(7-14(13)27-17)12-8-26-9-12/h1-4,12H,5-9H2,(H2,20,24)(H2,21,22,25). The average molecular weight is 407 g/mol. The van der Waals surface area contributed by atoms with Crippen molar-refractivity contribution in [1.29, 1.82) is 0 Å². The molecule has 1 fully saturated rings. The number of primary amides is 1. The highest BCUT2D eigenvalue weighted by atomic mass is 35.5.